The molecule has 0 aliphatic rings. The Morgan fingerprint density at radius 3 is 2.36 bits per heavy atom. The van der Waals surface area contributed by atoms with Gasteiger partial charge in [0.15, 0.2) is 7.05 Å². The second-order valence-corrected chi connectivity index (χ2v) is 5.43. The highest BCUT2D eigenvalue weighted by Gasteiger charge is 2.15. The highest BCUT2D eigenvalue weighted by atomic mass is 16.6. The van der Waals surface area contributed by atoms with Crippen LogP contribution in [0.4, 0.5) is 5.69 Å². The first-order valence-corrected chi connectivity index (χ1v) is 7.64. The molecule has 0 fully saturated rings. The van der Waals surface area contributed by atoms with Crippen LogP contribution in [0.3, 0.4) is 0 Å². The molecule has 6 heteroatoms. The highest BCUT2D eigenvalue weighted by Crippen LogP contribution is 2.23. The van der Waals surface area contributed by atoms with E-state index < -0.39 is 4.92 Å². The van der Waals surface area contributed by atoms with Crippen molar-refractivity contribution in [2.24, 2.45) is 7.05 Å². The smallest absolute Gasteiger partial charge is 0.269 e. The van der Waals surface area contributed by atoms with Crippen molar-refractivity contribution in [1.29, 1.82) is 0 Å². The maximum atomic E-state index is 10.7. The Morgan fingerprint density at radius 1 is 1.08 bits per heavy atom. The Labute approximate surface area is 144 Å². The minimum atomic E-state index is -0.422. The van der Waals surface area contributed by atoms with Gasteiger partial charge in [-0.25, -0.2) is 4.52 Å². The molecule has 1 heterocycles. The number of rotatable bonds is 5. The van der Waals surface area contributed by atoms with Crippen molar-refractivity contribution in [3.63, 3.8) is 0 Å². The summed E-state index contributed by atoms with van der Waals surface area (Å²) in [5.74, 6) is 1.46. The van der Waals surface area contributed by atoms with Crippen LogP contribution < -0.4 is 9.48 Å². The maximum Gasteiger partial charge on any atom is 0.269 e. The van der Waals surface area contributed by atoms with Crippen molar-refractivity contribution < 1.29 is 18.9 Å². The summed E-state index contributed by atoms with van der Waals surface area (Å²) < 4.78 is 12.5. The zero-order chi connectivity index (χ0) is 17.8. The van der Waals surface area contributed by atoms with Gasteiger partial charge in [0.2, 0.25) is 5.76 Å². The van der Waals surface area contributed by atoms with Crippen molar-refractivity contribution in [2.45, 2.75) is 0 Å². The lowest BCUT2D eigenvalue weighted by Crippen LogP contribution is -2.27. The van der Waals surface area contributed by atoms with Crippen LogP contribution in [-0.4, -0.2) is 12.0 Å². The molecule has 0 bridgehead atoms. The molecule has 2 aromatic carbocycles. The molecule has 0 radical (unpaired) electrons. The van der Waals surface area contributed by atoms with Crippen LogP contribution in [0.15, 0.2) is 59.1 Å². The van der Waals surface area contributed by atoms with Crippen molar-refractivity contribution in [2.75, 3.05) is 7.11 Å². The maximum absolute atomic E-state index is 10.7. The zero-order valence-electron chi connectivity index (χ0n) is 13.9. The van der Waals surface area contributed by atoms with Crippen LogP contribution in [-0.2, 0) is 7.05 Å². The minimum Gasteiger partial charge on any atom is -0.497 e. The summed E-state index contributed by atoms with van der Waals surface area (Å²) in [6, 6.07) is 15.9. The second-order valence-electron chi connectivity index (χ2n) is 5.43. The summed E-state index contributed by atoms with van der Waals surface area (Å²) in [6.45, 7) is 0. The van der Waals surface area contributed by atoms with Gasteiger partial charge in [0.1, 0.15) is 5.75 Å². The molecule has 0 spiro atoms. The first-order chi connectivity index (χ1) is 12.1. The van der Waals surface area contributed by atoms with Crippen LogP contribution in [0.1, 0.15) is 11.3 Å². The number of nitro groups is 1. The van der Waals surface area contributed by atoms with E-state index in [1.807, 2.05) is 49.5 Å². The van der Waals surface area contributed by atoms with Crippen molar-refractivity contribution >= 4 is 17.8 Å². The Kier molecular flexibility index (Phi) is 4.61. The number of benzene rings is 2. The number of hydrogen-bond acceptors (Lipinski definition) is 4. The lowest BCUT2D eigenvalue weighted by molar-refractivity contribution is -0.844. The third-order valence-corrected chi connectivity index (χ3v) is 3.80. The third-order valence-electron chi connectivity index (χ3n) is 3.80. The number of hydrogen-bond donors (Lipinski definition) is 0. The van der Waals surface area contributed by atoms with E-state index >= 15 is 0 Å². The number of aryl methyl sites for hydroxylation is 1. The molecule has 0 aliphatic carbocycles. The molecule has 0 aliphatic heterocycles. The van der Waals surface area contributed by atoms with Crippen LogP contribution in [0, 0.1) is 10.1 Å². The number of non-ortho nitro benzene ring substituents is 1. The van der Waals surface area contributed by atoms with Crippen LogP contribution in [0.5, 0.6) is 5.75 Å². The van der Waals surface area contributed by atoms with E-state index in [1.54, 1.807) is 24.0 Å². The minimum absolute atomic E-state index is 0.0549. The Balaban J connectivity index is 1.81. The largest absolute Gasteiger partial charge is 0.497 e. The summed E-state index contributed by atoms with van der Waals surface area (Å²) in [6.07, 6.45) is 3.92. The first kappa shape index (κ1) is 16.4. The van der Waals surface area contributed by atoms with Gasteiger partial charge in [-0.3, -0.25) is 10.1 Å². The fraction of sp³-hybridized carbons (Fsp3) is 0.105. The van der Waals surface area contributed by atoms with Crippen LogP contribution in [0.25, 0.3) is 23.5 Å². The monoisotopic (exact) mass is 337 g/mol. The summed E-state index contributed by atoms with van der Waals surface area (Å²) in [5, 5.41) is 10.7. The molecule has 3 aromatic rings. The van der Waals surface area contributed by atoms with Crippen molar-refractivity contribution in [3.05, 3.63) is 76.0 Å². The predicted octanol–water partition coefficient (Wildman–Crippen LogP) is 3.86. The lowest BCUT2D eigenvalue weighted by atomic mass is 10.1. The Morgan fingerprint density at radius 2 is 1.76 bits per heavy atom. The average Bonchev–Trinajstić information content (AvgIpc) is 3.01. The van der Waals surface area contributed by atoms with Crippen molar-refractivity contribution in [3.8, 4) is 17.1 Å². The van der Waals surface area contributed by atoms with Gasteiger partial charge in [0, 0.05) is 23.8 Å². The molecular formula is C19H17N2O4+. The van der Waals surface area contributed by atoms with Gasteiger partial charge >= 0.3 is 0 Å². The van der Waals surface area contributed by atoms with Gasteiger partial charge in [0.05, 0.1) is 18.1 Å². The standard InChI is InChI=1S/C19H17N2O4/c1-20-17(8-3-14-4-11-18(24-2)12-5-14)13-19(25-20)15-6-9-16(10-7-15)21(22)23/h3-13H,1-2H3/q+1. The van der Waals surface area contributed by atoms with E-state index in [1.165, 1.54) is 12.1 Å². The quantitative estimate of drug-likeness (QED) is 0.403. The van der Waals surface area contributed by atoms with E-state index in [9.17, 15) is 10.1 Å². The third kappa shape index (κ3) is 3.74. The fourth-order valence-corrected chi connectivity index (χ4v) is 2.38. The highest BCUT2D eigenvalue weighted by molar-refractivity contribution is 5.69. The molecule has 126 valence electrons. The Bertz CT molecular complexity index is 910. The molecule has 25 heavy (non-hydrogen) atoms. The van der Waals surface area contributed by atoms with Gasteiger partial charge in [-0.15, -0.1) is 0 Å². The summed E-state index contributed by atoms with van der Waals surface area (Å²) in [4.78, 5) is 10.3. The van der Waals surface area contributed by atoms with Crippen LogP contribution >= 0.6 is 0 Å². The number of aromatic nitrogens is 1. The summed E-state index contributed by atoms with van der Waals surface area (Å²) in [5.41, 5.74) is 2.76. The molecule has 0 saturated carbocycles. The molecule has 6 nitrogen and oxygen atoms in total. The van der Waals surface area contributed by atoms with E-state index in [-0.39, 0.29) is 5.69 Å². The number of nitro benzene ring substituents is 1. The second kappa shape index (κ2) is 7.00. The zero-order valence-corrected chi connectivity index (χ0v) is 13.9. The van der Waals surface area contributed by atoms with Gasteiger partial charge in [0.25, 0.3) is 11.4 Å². The Hall–Kier alpha value is -3.41. The van der Waals surface area contributed by atoms with E-state index in [2.05, 4.69) is 0 Å². The SMILES string of the molecule is COc1ccc(C=Cc2cc(-c3ccc([N+](=O)[O-])cc3)o[n+]2C)cc1. The van der Waals surface area contributed by atoms with E-state index in [4.69, 9.17) is 9.26 Å². The van der Waals surface area contributed by atoms with Crippen LogP contribution in [0.2, 0.25) is 0 Å². The van der Waals surface area contributed by atoms with Gasteiger partial charge in [-0.05, 0) is 40.6 Å². The molecule has 0 atom stereocenters. The molecule has 3 rings (SSSR count). The van der Waals surface area contributed by atoms with E-state index in [0.717, 1.165) is 22.6 Å². The molecule has 0 saturated heterocycles. The molecule has 0 amide bonds. The normalized spacial score (nSPS) is 11.0. The fourth-order valence-electron chi connectivity index (χ4n) is 2.38. The van der Waals surface area contributed by atoms with Gasteiger partial charge < -0.3 is 4.74 Å². The average molecular weight is 337 g/mol. The van der Waals surface area contributed by atoms with E-state index in [0.29, 0.717) is 5.76 Å². The number of methoxy groups -OCH3 is 1. The molecule has 1 aromatic heterocycles. The lowest BCUT2D eigenvalue weighted by Gasteiger charge is -1.98. The van der Waals surface area contributed by atoms with Gasteiger partial charge in [-0.1, -0.05) is 12.1 Å². The number of nitrogens with zero attached hydrogens (tertiary/aromatic N) is 2. The predicted molar refractivity (Wildman–Crippen MR) is 93.9 cm³/mol. The molecule has 0 N–H and O–H groups in total. The molecule has 0 unspecified atom stereocenters. The molecular weight excluding hydrogens is 320 g/mol. The van der Waals surface area contributed by atoms with Crippen molar-refractivity contribution in [1.82, 2.24) is 0 Å². The van der Waals surface area contributed by atoms with Gasteiger partial charge in [-0.2, -0.15) is 0 Å². The summed E-state index contributed by atoms with van der Waals surface area (Å²) in [7, 11) is 3.44. The first-order valence-electron chi connectivity index (χ1n) is 7.64. The number of ether oxygens (including phenoxy) is 1. The summed E-state index contributed by atoms with van der Waals surface area (Å²) >= 11 is 0. The topological polar surface area (TPSA) is 69.4 Å².